The van der Waals surface area contributed by atoms with Crippen LogP contribution in [0.15, 0.2) is 85.1 Å². The molecule has 7 nitrogen and oxygen atoms in total. The molecule has 0 spiro atoms. The Bertz CT molecular complexity index is 1590. The van der Waals surface area contributed by atoms with Gasteiger partial charge in [0.05, 0.1) is 17.7 Å². The number of primary amides is 1. The summed E-state index contributed by atoms with van der Waals surface area (Å²) in [6.07, 6.45) is 2.00. The second-order valence-corrected chi connectivity index (χ2v) is 9.65. The Labute approximate surface area is 229 Å². The van der Waals surface area contributed by atoms with Crippen LogP contribution in [0, 0.1) is 11.6 Å². The predicted molar refractivity (Wildman–Crippen MR) is 146 cm³/mol. The van der Waals surface area contributed by atoms with Crippen LogP contribution in [0.25, 0.3) is 11.1 Å². The monoisotopic (exact) mass is 540 g/mol. The first-order chi connectivity index (χ1) is 19.3. The smallest absolute Gasteiger partial charge is 0.248 e. The van der Waals surface area contributed by atoms with Crippen molar-refractivity contribution in [3.05, 3.63) is 119 Å². The number of carbonyl (C=O) groups is 3. The van der Waals surface area contributed by atoms with E-state index in [4.69, 9.17) is 5.73 Å². The molecule has 0 fully saturated rings. The first-order valence-corrected chi connectivity index (χ1v) is 12.8. The number of fused-ring (bicyclic) bond motifs is 1. The summed E-state index contributed by atoms with van der Waals surface area (Å²) in [5, 5.41) is 5.80. The zero-order valence-electron chi connectivity index (χ0n) is 21.4. The highest BCUT2D eigenvalue weighted by Gasteiger charge is 2.33. The van der Waals surface area contributed by atoms with Gasteiger partial charge in [0.25, 0.3) is 0 Å². The number of hydrogen-bond acceptors (Lipinski definition) is 4. The maximum absolute atomic E-state index is 13.9. The number of nitrogens with one attached hydrogen (secondary N) is 2. The van der Waals surface area contributed by atoms with Gasteiger partial charge in [-0.2, -0.15) is 0 Å². The summed E-state index contributed by atoms with van der Waals surface area (Å²) in [5.74, 6) is -3.25. The van der Waals surface area contributed by atoms with Crippen LogP contribution in [-0.2, 0) is 16.0 Å². The summed E-state index contributed by atoms with van der Waals surface area (Å²) >= 11 is 0. The van der Waals surface area contributed by atoms with Crippen LogP contribution >= 0.6 is 0 Å². The lowest BCUT2D eigenvalue weighted by molar-refractivity contribution is -0.125. The average Bonchev–Trinajstić information content (AvgIpc) is 3.25. The molecular formula is C31H26F2N4O3. The molecule has 0 saturated heterocycles. The van der Waals surface area contributed by atoms with E-state index >= 15 is 0 Å². The molecule has 1 aromatic heterocycles. The minimum atomic E-state index is -0.691. The molecule has 3 aromatic carbocycles. The molecule has 2 unspecified atom stereocenters. The van der Waals surface area contributed by atoms with Crippen molar-refractivity contribution in [2.75, 3.05) is 5.32 Å². The molecule has 9 heteroatoms. The summed E-state index contributed by atoms with van der Waals surface area (Å²) in [6, 6.07) is 20.1. The lowest BCUT2D eigenvalue weighted by Crippen LogP contribution is -2.32. The number of aromatic nitrogens is 1. The van der Waals surface area contributed by atoms with E-state index in [1.54, 1.807) is 42.6 Å². The summed E-state index contributed by atoms with van der Waals surface area (Å²) < 4.78 is 27.7. The number of nitrogens with zero attached hydrogens (tertiary/aromatic N) is 1. The van der Waals surface area contributed by atoms with Gasteiger partial charge in [-0.1, -0.05) is 36.4 Å². The summed E-state index contributed by atoms with van der Waals surface area (Å²) in [4.78, 5) is 42.3. The molecule has 5 rings (SSSR count). The molecule has 3 amide bonds. The Balaban J connectivity index is 1.45. The van der Waals surface area contributed by atoms with E-state index in [-0.39, 0.29) is 31.1 Å². The molecule has 4 aromatic rings. The number of amides is 3. The van der Waals surface area contributed by atoms with Gasteiger partial charge in [0.15, 0.2) is 0 Å². The Hall–Kier alpha value is -4.92. The second kappa shape index (κ2) is 11.4. The molecule has 2 heterocycles. The fourth-order valence-electron chi connectivity index (χ4n) is 5.04. The molecule has 40 heavy (non-hydrogen) atoms. The van der Waals surface area contributed by atoms with Crippen molar-refractivity contribution >= 4 is 23.4 Å². The molecule has 1 aliphatic heterocycles. The zero-order valence-corrected chi connectivity index (χ0v) is 21.4. The summed E-state index contributed by atoms with van der Waals surface area (Å²) in [5.41, 5.74) is 9.47. The molecule has 0 saturated carbocycles. The molecular weight excluding hydrogens is 514 g/mol. The third-order valence-electron chi connectivity index (χ3n) is 6.91. The Morgan fingerprint density at radius 1 is 0.975 bits per heavy atom. The van der Waals surface area contributed by atoms with Gasteiger partial charge in [0, 0.05) is 35.5 Å². The number of pyridine rings is 1. The summed E-state index contributed by atoms with van der Waals surface area (Å²) in [7, 11) is 0. The number of benzene rings is 3. The number of carbonyl (C=O) groups excluding carboxylic acids is 3. The van der Waals surface area contributed by atoms with Crippen LogP contribution in [0.1, 0.15) is 52.0 Å². The molecule has 1 aliphatic rings. The number of nitrogens with two attached hydrogens (primary N) is 1. The van der Waals surface area contributed by atoms with Gasteiger partial charge in [-0.3, -0.25) is 19.4 Å². The van der Waals surface area contributed by atoms with E-state index in [1.807, 2.05) is 24.3 Å². The molecule has 0 aliphatic carbocycles. The summed E-state index contributed by atoms with van der Waals surface area (Å²) in [6.45, 7) is 0. The fraction of sp³-hybridized carbons (Fsp3) is 0.161. The number of para-hydroxylation sites is 1. The van der Waals surface area contributed by atoms with E-state index < -0.39 is 29.5 Å². The van der Waals surface area contributed by atoms with Gasteiger partial charge in [0.1, 0.15) is 11.6 Å². The first kappa shape index (κ1) is 26.7. The highest BCUT2D eigenvalue weighted by atomic mass is 19.1. The number of hydrogen-bond donors (Lipinski definition) is 3. The van der Waals surface area contributed by atoms with E-state index in [0.29, 0.717) is 33.6 Å². The normalized spacial score (nSPS) is 14.8. The number of halogens is 2. The van der Waals surface area contributed by atoms with Gasteiger partial charge in [-0.25, -0.2) is 8.78 Å². The molecule has 4 N–H and O–H groups in total. The molecule has 0 bridgehead atoms. The van der Waals surface area contributed by atoms with Gasteiger partial charge in [0.2, 0.25) is 17.7 Å². The Kier molecular flexibility index (Phi) is 7.63. The number of anilines is 1. The molecule has 202 valence electrons. The largest absolute Gasteiger partial charge is 0.366 e. The van der Waals surface area contributed by atoms with Crippen molar-refractivity contribution in [2.45, 2.75) is 31.2 Å². The van der Waals surface area contributed by atoms with Crippen molar-refractivity contribution in [1.82, 2.24) is 10.3 Å². The highest BCUT2D eigenvalue weighted by Crippen LogP contribution is 2.35. The lowest BCUT2D eigenvalue weighted by atomic mass is 9.93. The van der Waals surface area contributed by atoms with Crippen LogP contribution in [0.4, 0.5) is 14.5 Å². The Morgan fingerprint density at radius 2 is 1.75 bits per heavy atom. The standard InChI is InChI=1S/C31H26F2N4O3/c32-21-13-18(14-22(33)16-21)10-11-27(36-28(38)17-25-24-7-1-2-9-26(24)37-31(25)40)29-23(8-4-12-35-29)19-5-3-6-20(15-19)30(34)39/h1-9,12-16,25,27H,10-11,17H2,(H2,34,39)(H,36,38)(H,37,40). The van der Waals surface area contributed by atoms with Crippen molar-refractivity contribution in [1.29, 1.82) is 0 Å². The SMILES string of the molecule is NC(=O)c1cccc(-c2cccnc2C(CCc2cc(F)cc(F)c2)NC(=O)CC2C(=O)Nc3ccccc32)c1. The van der Waals surface area contributed by atoms with Gasteiger partial charge in [-0.15, -0.1) is 0 Å². The third kappa shape index (κ3) is 5.88. The van der Waals surface area contributed by atoms with Crippen LogP contribution in [-0.4, -0.2) is 22.7 Å². The van der Waals surface area contributed by atoms with Crippen molar-refractivity contribution in [3.63, 3.8) is 0 Å². The highest BCUT2D eigenvalue weighted by molar-refractivity contribution is 6.05. The van der Waals surface area contributed by atoms with Gasteiger partial charge in [-0.05, 0) is 65.9 Å². The van der Waals surface area contributed by atoms with E-state index in [9.17, 15) is 23.2 Å². The van der Waals surface area contributed by atoms with E-state index in [0.717, 1.165) is 11.6 Å². The quantitative estimate of drug-likeness (QED) is 0.276. The lowest BCUT2D eigenvalue weighted by Gasteiger charge is -2.22. The Morgan fingerprint density at radius 3 is 2.52 bits per heavy atom. The predicted octanol–water partition coefficient (Wildman–Crippen LogP) is 5.04. The van der Waals surface area contributed by atoms with Crippen molar-refractivity contribution < 1.29 is 23.2 Å². The molecule has 2 atom stereocenters. The first-order valence-electron chi connectivity index (χ1n) is 12.8. The third-order valence-corrected chi connectivity index (χ3v) is 6.91. The van der Waals surface area contributed by atoms with Crippen molar-refractivity contribution in [3.8, 4) is 11.1 Å². The van der Waals surface area contributed by atoms with Gasteiger partial charge >= 0.3 is 0 Å². The maximum Gasteiger partial charge on any atom is 0.248 e. The van der Waals surface area contributed by atoms with E-state index in [1.165, 1.54) is 12.1 Å². The average molecular weight is 541 g/mol. The van der Waals surface area contributed by atoms with E-state index in [2.05, 4.69) is 15.6 Å². The zero-order chi connectivity index (χ0) is 28.2. The maximum atomic E-state index is 13.9. The van der Waals surface area contributed by atoms with Crippen molar-refractivity contribution in [2.24, 2.45) is 5.73 Å². The fourth-order valence-corrected chi connectivity index (χ4v) is 5.04. The van der Waals surface area contributed by atoms with Crippen LogP contribution in [0.3, 0.4) is 0 Å². The topological polar surface area (TPSA) is 114 Å². The second-order valence-electron chi connectivity index (χ2n) is 9.65. The minimum absolute atomic E-state index is 0.0900. The molecule has 0 radical (unpaired) electrons. The number of aryl methyl sites for hydroxylation is 1. The minimum Gasteiger partial charge on any atom is -0.366 e. The number of rotatable bonds is 9. The van der Waals surface area contributed by atoms with Crippen LogP contribution in [0.5, 0.6) is 0 Å². The van der Waals surface area contributed by atoms with Gasteiger partial charge < -0.3 is 16.4 Å². The van der Waals surface area contributed by atoms with Crippen LogP contribution < -0.4 is 16.4 Å². The van der Waals surface area contributed by atoms with Crippen LogP contribution in [0.2, 0.25) is 0 Å².